The number of halogens is 2. The molecule has 0 amide bonds. The molecule has 0 aliphatic heterocycles. The Labute approximate surface area is 83.5 Å². The summed E-state index contributed by atoms with van der Waals surface area (Å²) in [5.74, 6) is -1.69. The van der Waals surface area contributed by atoms with E-state index in [0.717, 1.165) is 6.20 Å². The molecule has 0 bridgehead atoms. The maximum Gasteiger partial charge on any atom is 0.356 e. The lowest BCUT2D eigenvalue weighted by Crippen LogP contribution is -2.10. The molecule has 1 aromatic heterocycles. The first-order chi connectivity index (χ1) is 6.99. The monoisotopic (exact) mass is 218 g/mol. The number of pyridine rings is 1. The number of carboxylic acid groups (broad SMARTS) is 1. The molecule has 15 heavy (non-hydrogen) atoms. The first-order valence-corrected chi connectivity index (χ1v) is 3.82. The van der Waals surface area contributed by atoms with Crippen molar-refractivity contribution in [2.45, 2.75) is 6.43 Å². The number of alkyl halides is 2. The Hall–Kier alpha value is -1.92. The Morgan fingerprint density at radius 3 is 2.67 bits per heavy atom. The number of ether oxygens (including phenoxy) is 1. The van der Waals surface area contributed by atoms with E-state index >= 15 is 0 Å². The van der Waals surface area contributed by atoms with E-state index in [2.05, 4.69) is 9.72 Å². The summed E-state index contributed by atoms with van der Waals surface area (Å²) in [7, 11) is 1.17. The second-order valence-electron chi connectivity index (χ2n) is 2.61. The van der Waals surface area contributed by atoms with Gasteiger partial charge in [-0.3, -0.25) is 0 Å². The summed E-state index contributed by atoms with van der Waals surface area (Å²) in [6.45, 7) is 0. The highest BCUT2D eigenvalue weighted by Crippen LogP contribution is 2.34. The predicted molar refractivity (Wildman–Crippen MR) is 47.1 cm³/mol. The number of nitrogens with two attached hydrogens (primary N) is 1. The topological polar surface area (TPSA) is 85.4 Å². The molecule has 0 saturated carbocycles. The van der Waals surface area contributed by atoms with Gasteiger partial charge >= 0.3 is 5.97 Å². The van der Waals surface area contributed by atoms with Gasteiger partial charge < -0.3 is 15.6 Å². The van der Waals surface area contributed by atoms with Gasteiger partial charge in [0.1, 0.15) is 5.75 Å². The standard InChI is InChI=1S/C8H8F2N2O3/c1-15-3-2-12-6(8(13)14)5(11)4(3)7(9)10/h2,7H,11H2,1H3,(H,13,14). The number of aromatic carboxylic acids is 1. The van der Waals surface area contributed by atoms with Gasteiger partial charge in [-0.25, -0.2) is 18.6 Å². The van der Waals surface area contributed by atoms with Crippen molar-refractivity contribution in [2.24, 2.45) is 0 Å². The summed E-state index contributed by atoms with van der Waals surface area (Å²) < 4.78 is 29.7. The Morgan fingerprint density at radius 1 is 1.67 bits per heavy atom. The fourth-order valence-corrected chi connectivity index (χ4v) is 1.08. The molecule has 1 aromatic rings. The average molecular weight is 218 g/mol. The normalized spacial score (nSPS) is 10.4. The Kier molecular flexibility index (Phi) is 3.03. The van der Waals surface area contributed by atoms with Crippen LogP contribution in [0.25, 0.3) is 0 Å². The van der Waals surface area contributed by atoms with Gasteiger partial charge in [-0.05, 0) is 0 Å². The van der Waals surface area contributed by atoms with Crippen molar-refractivity contribution in [1.82, 2.24) is 4.98 Å². The summed E-state index contributed by atoms with van der Waals surface area (Å²) >= 11 is 0. The molecule has 0 aliphatic rings. The van der Waals surface area contributed by atoms with Crippen molar-refractivity contribution in [2.75, 3.05) is 12.8 Å². The highest BCUT2D eigenvalue weighted by atomic mass is 19.3. The van der Waals surface area contributed by atoms with Crippen LogP contribution in [0.15, 0.2) is 6.20 Å². The first-order valence-electron chi connectivity index (χ1n) is 3.82. The van der Waals surface area contributed by atoms with Crippen LogP contribution in [-0.4, -0.2) is 23.2 Å². The quantitative estimate of drug-likeness (QED) is 0.798. The van der Waals surface area contributed by atoms with E-state index in [-0.39, 0.29) is 5.75 Å². The van der Waals surface area contributed by atoms with Crippen LogP contribution in [0.5, 0.6) is 5.75 Å². The van der Waals surface area contributed by atoms with Crippen LogP contribution in [0.4, 0.5) is 14.5 Å². The van der Waals surface area contributed by atoms with Gasteiger partial charge in [0.2, 0.25) is 0 Å². The largest absolute Gasteiger partial charge is 0.495 e. The average Bonchev–Trinajstić information content (AvgIpc) is 2.15. The molecule has 0 unspecified atom stereocenters. The third kappa shape index (κ3) is 1.95. The van der Waals surface area contributed by atoms with Gasteiger partial charge in [-0.1, -0.05) is 0 Å². The molecule has 7 heteroatoms. The smallest absolute Gasteiger partial charge is 0.356 e. The molecule has 82 valence electrons. The predicted octanol–water partition coefficient (Wildman–Crippen LogP) is 1.31. The second-order valence-corrected chi connectivity index (χ2v) is 2.61. The molecular formula is C8H8F2N2O3. The lowest BCUT2D eigenvalue weighted by Gasteiger charge is -2.11. The lowest BCUT2D eigenvalue weighted by atomic mass is 10.1. The summed E-state index contributed by atoms with van der Waals surface area (Å²) in [5.41, 5.74) is 3.43. The Balaban J connectivity index is 3.42. The number of hydrogen-bond acceptors (Lipinski definition) is 4. The number of rotatable bonds is 3. The van der Waals surface area contributed by atoms with E-state index in [0.29, 0.717) is 0 Å². The molecule has 1 heterocycles. The number of methoxy groups -OCH3 is 1. The molecule has 0 fully saturated rings. The van der Waals surface area contributed by atoms with Crippen LogP contribution in [0.2, 0.25) is 0 Å². The van der Waals surface area contributed by atoms with Crippen LogP contribution in [0.1, 0.15) is 22.5 Å². The van der Waals surface area contributed by atoms with E-state index in [9.17, 15) is 13.6 Å². The molecule has 1 rings (SSSR count). The van der Waals surface area contributed by atoms with Crippen molar-refractivity contribution in [3.63, 3.8) is 0 Å². The third-order valence-corrected chi connectivity index (χ3v) is 1.76. The number of hydrogen-bond donors (Lipinski definition) is 2. The van der Waals surface area contributed by atoms with Crippen LogP contribution in [0, 0.1) is 0 Å². The van der Waals surface area contributed by atoms with Crippen LogP contribution in [-0.2, 0) is 0 Å². The van der Waals surface area contributed by atoms with Gasteiger partial charge in [0.25, 0.3) is 6.43 Å². The summed E-state index contributed by atoms with van der Waals surface area (Å²) in [4.78, 5) is 14.0. The summed E-state index contributed by atoms with van der Waals surface area (Å²) in [6.07, 6.45) is -2.01. The van der Waals surface area contributed by atoms with Crippen LogP contribution in [0.3, 0.4) is 0 Å². The fraction of sp³-hybridized carbons (Fsp3) is 0.250. The minimum absolute atomic E-state index is 0.229. The minimum Gasteiger partial charge on any atom is -0.495 e. The van der Waals surface area contributed by atoms with Crippen molar-refractivity contribution in [3.05, 3.63) is 17.5 Å². The van der Waals surface area contributed by atoms with Crippen molar-refractivity contribution >= 4 is 11.7 Å². The zero-order chi connectivity index (χ0) is 11.6. The molecule has 5 nitrogen and oxygen atoms in total. The van der Waals surface area contributed by atoms with E-state index in [1.165, 1.54) is 7.11 Å². The number of carbonyl (C=O) groups is 1. The van der Waals surface area contributed by atoms with Gasteiger partial charge in [-0.2, -0.15) is 0 Å². The summed E-state index contributed by atoms with van der Waals surface area (Å²) in [5, 5.41) is 8.61. The molecule has 0 aliphatic carbocycles. The van der Waals surface area contributed by atoms with E-state index < -0.39 is 29.3 Å². The minimum atomic E-state index is -2.92. The first kappa shape index (κ1) is 11.2. The van der Waals surface area contributed by atoms with Gasteiger partial charge in [0, 0.05) is 0 Å². The highest BCUT2D eigenvalue weighted by molar-refractivity contribution is 5.92. The van der Waals surface area contributed by atoms with E-state index in [1.807, 2.05) is 0 Å². The molecular weight excluding hydrogens is 210 g/mol. The number of aromatic nitrogens is 1. The summed E-state index contributed by atoms with van der Waals surface area (Å²) in [6, 6.07) is 0. The van der Waals surface area contributed by atoms with Crippen molar-refractivity contribution in [3.8, 4) is 5.75 Å². The Morgan fingerprint density at radius 2 is 2.27 bits per heavy atom. The maximum atomic E-state index is 12.5. The SMILES string of the molecule is COc1cnc(C(=O)O)c(N)c1C(F)F. The molecule has 0 aromatic carbocycles. The molecule has 0 saturated heterocycles. The van der Waals surface area contributed by atoms with Gasteiger partial charge in [0.15, 0.2) is 5.69 Å². The number of nitrogen functional groups attached to an aromatic ring is 1. The third-order valence-electron chi connectivity index (χ3n) is 1.76. The highest BCUT2D eigenvalue weighted by Gasteiger charge is 2.23. The van der Waals surface area contributed by atoms with Gasteiger partial charge in [-0.15, -0.1) is 0 Å². The van der Waals surface area contributed by atoms with Crippen LogP contribution < -0.4 is 10.5 Å². The van der Waals surface area contributed by atoms with Crippen LogP contribution >= 0.6 is 0 Å². The van der Waals surface area contributed by atoms with Crippen molar-refractivity contribution < 1.29 is 23.4 Å². The fourth-order valence-electron chi connectivity index (χ4n) is 1.08. The maximum absolute atomic E-state index is 12.5. The molecule has 0 atom stereocenters. The zero-order valence-electron chi connectivity index (χ0n) is 7.70. The number of carboxylic acids is 1. The zero-order valence-corrected chi connectivity index (χ0v) is 7.70. The molecule has 3 N–H and O–H groups in total. The molecule has 0 radical (unpaired) electrons. The lowest BCUT2D eigenvalue weighted by molar-refractivity contribution is 0.0691. The number of nitrogens with zero attached hydrogens (tertiary/aromatic N) is 1. The Bertz CT molecular complexity index is 396. The van der Waals surface area contributed by atoms with Gasteiger partial charge in [0.05, 0.1) is 24.6 Å². The van der Waals surface area contributed by atoms with Crippen molar-refractivity contribution in [1.29, 1.82) is 0 Å². The van der Waals surface area contributed by atoms with E-state index in [1.54, 1.807) is 0 Å². The van der Waals surface area contributed by atoms with E-state index in [4.69, 9.17) is 10.8 Å². The number of anilines is 1. The molecule has 0 spiro atoms. The second kappa shape index (κ2) is 4.07.